The summed E-state index contributed by atoms with van der Waals surface area (Å²) in [5, 5.41) is 0. The van der Waals surface area contributed by atoms with Crippen molar-refractivity contribution in [3.05, 3.63) is 35.1 Å². The molecule has 0 atom stereocenters. The van der Waals surface area contributed by atoms with Crippen LogP contribution in [0.4, 0.5) is 13.2 Å². The van der Waals surface area contributed by atoms with Crippen molar-refractivity contribution in [2.45, 2.75) is 26.7 Å². The van der Waals surface area contributed by atoms with Gasteiger partial charge in [-0.15, -0.1) is 0 Å². The van der Waals surface area contributed by atoms with Gasteiger partial charge < -0.3 is 4.74 Å². The van der Waals surface area contributed by atoms with Gasteiger partial charge in [0.2, 0.25) is 0 Å². The number of Topliss-reactive ketones (excluding diaryl/α,β-unsaturated/α-hetero) is 1. The number of benzene rings is 1. The van der Waals surface area contributed by atoms with Gasteiger partial charge in [0.25, 0.3) is 0 Å². The van der Waals surface area contributed by atoms with Crippen LogP contribution in [0.5, 0.6) is 0 Å². The average molecular weight is 276 g/mol. The van der Waals surface area contributed by atoms with Crippen LogP contribution >= 0.6 is 0 Å². The summed E-state index contributed by atoms with van der Waals surface area (Å²) in [6.07, 6.45) is -1.02. The normalized spacial score (nSPS) is 9.37. The third-order valence-electron chi connectivity index (χ3n) is 2.05. The molecule has 0 aliphatic rings. The summed E-state index contributed by atoms with van der Waals surface area (Å²) >= 11 is 0. The summed E-state index contributed by atoms with van der Waals surface area (Å²) in [6, 6.07) is 0.954. The lowest BCUT2D eigenvalue weighted by molar-refractivity contribution is -0.143. The Hall–Kier alpha value is -1.85. The minimum atomic E-state index is -1.33. The van der Waals surface area contributed by atoms with E-state index in [0.717, 1.165) is 7.11 Å². The van der Waals surface area contributed by atoms with E-state index in [9.17, 15) is 22.8 Å². The lowest BCUT2D eigenvalue weighted by Crippen LogP contribution is -2.12. The lowest BCUT2D eigenvalue weighted by Gasteiger charge is -2.03. The highest BCUT2D eigenvalue weighted by Gasteiger charge is 2.15. The standard InChI is InChI=1S/C11H9F3O3.C2H6/c1-17-11(16)4-7(15)2-6-3-9(13)10(14)5-8(6)12;1-2/h3,5H,2,4H2,1H3;1-2H3. The van der Waals surface area contributed by atoms with Gasteiger partial charge in [-0.05, 0) is 11.6 Å². The van der Waals surface area contributed by atoms with E-state index in [4.69, 9.17) is 0 Å². The SMILES string of the molecule is CC.COC(=O)CC(=O)Cc1cc(F)c(F)cc1F. The van der Waals surface area contributed by atoms with E-state index in [1.807, 2.05) is 13.8 Å². The molecule has 3 nitrogen and oxygen atoms in total. The Kier molecular flexibility index (Phi) is 7.48. The van der Waals surface area contributed by atoms with E-state index < -0.39 is 42.0 Å². The minimum absolute atomic E-state index is 0.294. The van der Waals surface area contributed by atoms with Crippen LogP contribution in [0.2, 0.25) is 0 Å². The molecule has 0 aromatic heterocycles. The first-order valence-corrected chi connectivity index (χ1v) is 5.66. The van der Waals surface area contributed by atoms with Crippen LogP contribution in [0.1, 0.15) is 25.8 Å². The molecule has 0 saturated heterocycles. The number of carbonyl (C=O) groups excluding carboxylic acids is 2. The average Bonchev–Trinajstić information content (AvgIpc) is 2.38. The first-order chi connectivity index (χ1) is 8.93. The number of ketones is 1. The highest BCUT2D eigenvalue weighted by Crippen LogP contribution is 2.14. The fraction of sp³-hybridized carbons (Fsp3) is 0.385. The second kappa shape index (κ2) is 8.29. The van der Waals surface area contributed by atoms with Crippen LogP contribution < -0.4 is 0 Å². The zero-order chi connectivity index (χ0) is 15.0. The van der Waals surface area contributed by atoms with Gasteiger partial charge in [-0.25, -0.2) is 13.2 Å². The van der Waals surface area contributed by atoms with Gasteiger partial charge in [-0.3, -0.25) is 9.59 Å². The van der Waals surface area contributed by atoms with E-state index >= 15 is 0 Å². The van der Waals surface area contributed by atoms with Gasteiger partial charge in [0, 0.05) is 12.5 Å². The van der Waals surface area contributed by atoms with E-state index in [2.05, 4.69) is 4.74 Å². The second-order valence-corrected chi connectivity index (χ2v) is 3.33. The number of rotatable bonds is 4. The zero-order valence-electron chi connectivity index (χ0n) is 10.9. The molecule has 0 amide bonds. The summed E-state index contributed by atoms with van der Waals surface area (Å²) in [4.78, 5) is 22.0. The van der Waals surface area contributed by atoms with Gasteiger partial charge in [-0.1, -0.05) is 13.8 Å². The fourth-order valence-electron chi connectivity index (χ4n) is 1.21. The number of ether oxygens (including phenoxy) is 1. The van der Waals surface area contributed by atoms with Crippen molar-refractivity contribution in [1.82, 2.24) is 0 Å². The van der Waals surface area contributed by atoms with Crippen LogP contribution in [0.15, 0.2) is 12.1 Å². The van der Waals surface area contributed by atoms with Gasteiger partial charge in [0.1, 0.15) is 18.0 Å². The Bertz CT molecular complexity index is 459. The molecule has 0 fully saturated rings. The topological polar surface area (TPSA) is 43.4 Å². The van der Waals surface area contributed by atoms with E-state index in [-0.39, 0.29) is 5.56 Å². The summed E-state index contributed by atoms with van der Waals surface area (Å²) in [6.45, 7) is 4.00. The van der Waals surface area contributed by atoms with Crippen molar-refractivity contribution in [2.24, 2.45) is 0 Å². The molecule has 0 spiro atoms. The summed E-state index contributed by atoms with van der Waals surface area (Å²) in [5.41, 5.74) is -0.294. The molecule has 1 rings (SSSR count). The molecule has 0 saturated carbocycles. The van der Waals surface area contributed by atoms with Crippen LogP contribution in [0.25, 0.3) is 0 Å². The molecule has 0 aliphatic carbocycles. The molecule has 0 aliphatic heterocycles. The van der Waals surface area contributed by atoms with Crippen molar-refractivity contribution in [3.63, 3.8) is 0 Å². The summed E-state index contributed by atoms with van der Waals surface area (Å²) in [7, 11) is 1.10. The number of methoxy groups -OCH3 is 1. The van der Waals surface area contributed by atoms with E-state index in [1.54, 1.807) is 0 Å². The Labute approximate surface area is 109 Å². The summed E-state index contributed by atoms with van der Waals surface area (Å²) in [5.74, 6) is -5.00. The van der Waals surface area contributed by atoms with Crippen molar-refractivity contribution in [2.75, 3.05) is 7.11 Å². The van der Waals surface area contributed by atoms with Crippen LogP contribution in [-0.2, 0) is 20.7 Å². The van der Waals surface area contributed by atoms with Gasteiger partial charge >= 0.3 is 5.97 Å². The molecule has 0 heterocycles. The minimum Gasteiger partial charge on any atom is -0.469 e. The molecule has 0 N–H and O–H groups in total. The maximum Gasteiger partial charge on any atom is 0.313 e. The molecular formula is C13H15F3O3. The Morgan fingerprint density at radius 3 is 2.11 bits per heavy atom. The third kappa shape index (κ3) is 5.54. The van der Waals surface area contributed by atoms with Crippen molar-refractivity contribution < 1.29 is 27.5 Å². The number of hydrogen-bond donors (Lipinski definition) is 0. The molecular weight excluding hydrogens is 261 g/mol. The summed E-state index contributed by atoms with van der Waals surface area (Å²) < 4.78 is 42.8. The predicted octanol–water partition coefficient (Wildman–Crippen LogP) is 2.80. The maximum absolute atomic E-state index is 13.1. The van der Waals surface area contributed by atoms with Crippen molar-refractivity contribution in [1.29, 1.82) is 0 Å². The fourth-order valence-corrected chi connectivity index (χ4v) is 1.21. The van der Waals surface area contributed by atoms with Gasteiger partial charge in [0.15, 0.2) is 11.6 Å². The first-order valence-electron chi connectivity index (χ1n) is 5.66. The largest absolute Gasteiger partial charge is 0.469 e. The van der Waals surface area contributed by atoms with E-state index in [0.29, 0.717) is 12.1 Å². The first kappa shape index (κ1) is 17.2. The molecule has 0 unspecified atom stereocenters. The molecule has 6 heteroatoms. The highest BCUT2D eigenvalue weighted by atomic mass is 19.2. The van der Waals surface area contributed by atoms with E-state index in [1.165, 1.54) is 0 Å². The number of halogens is 3. The van der Waals surface area contributed by atoms with Gasteiger partial charge in [-0.2, -0.15) is 0 Å². The molecule has 1 aromatic carbocycles. The maximum atomic E-state index is 13.1. The lowest BCUT2D eigenvalue weighted by atomic mass is 10.1. The smallest absolute Gasteiger partial charge is 0.313 e. The molecule has 1 aromatic rings. The zero-order valence-corrected chi connectivity index (χ0v) is 10.9. The Morgan fingerprint density at radius 1 is 1.05 bits per heavy atom. The molecule has 19 heavy (non-hydrogen) atoms. The van der Waals surface area contributed by atoms with Crippen LogP contribution in [0.3, 0.4) is 0 Å². The van der Waals surface area contributed by atoms with Crippen molar-refractivity contribution >= 4 is 11.8 Å². The van der Waals surface area contributed by atoms with Crippen LogP contribution in [-0.4, -0.2) is 18.9 Å². The third-order valence-corrected chi connectivity index (χ3v) is 2.05. The van der Waals surface area contributed by atoms with Crippen molar-refractivity contribution in [3.8, 4) is 0 Å². The van der Waals surface area contributed by atoms with Gasteiger partial charge in [0.05, 0.1) is 7.11 Å². The van der Waals surface area contributed by atoms with Crippen LogP contribution in [0, 0.1) is 17.5 Å². The molecule has 106 valence electrons. The number of hydrogen-bond acceptors (Lipinski definition) is 3. The number of esters is 1. The Morgan fingerprint density at radius 2 is 1.58 bits per heavy atom. The highest BCUT2D eigenvalue weighted by molar-refractivity contribution is 5.96. The second-order valence-electron chi connectivity index (χ2n) is 3.33. The Balaban J connectivity index is 0.00000154. The number of carbonyl (C=O) groups is 2. The molecule has 0 radical (unpaired) electrons. The quantitative estimate of drug-likeness (QED) is 0.482. The predicted molar refractivity (Wildman–Crippen MR) is 63.0 cm³/mol. The molecule has 0 bridgehead atoms. The monoisotopic (exact) mass is 276 g/mol.